The second-order valence-electron chi connectivity index (χ2n) is 4.31. The summed E-state index contributed by atoms with van der Waals surface area (Å²) in [5, 5.41) is 23.4. The second-order valence-corrected chi connectivity index (χ2v) is 4.31. The Morgan fingerprint density at radius 1 is 1.00 bits per heavy atom. The summed E-state index contributed by atoms with van der Waals surface area (Å²) in [6, 6.07) is 12.0. The van der Waals surface area contributed by atoms with E-state index in [9.17, 15) is 14.6 Å². The van der Waals surface area contributed by atoms with Gasteiger partial charge in [0.2, 0.25) is 0 Å². The van der Waals surface area contributed by atoms with E-state index in [2.05, 4.69) is 5.10 Å². The maximum absolute atomic E-state index is 13.3. The number of phenols is 2. The van der Waals surface area contributed by atoms with Crippen LogP contribution in [0, 0.1) is 5.82 Å². The summed E-state index contributed by atoms with van der Waals surface area (Å²) in [6.07, 6.45) is 1.56. The summed E-state index contributed by atoms with van der Waals surface area (Å²) in [5.74, 6) is -0.454. The van der Waals surface area contributed by atoms with Crippen LogP contribution >= 0.6 is 0 Å². The fraction of sp³-hybridized carbons (Fsp3) is 0. The maximum Gasteiger partial charge on any atom is 0.128 e. The van der Waals surface area contributed by atoms with E-state index in [0.717, 1.165) is 0 Å². The number of benzene rings is 2. The van der Waals surface area contributed by atoms with Crippen LogP contribution in [0.15, 0.2) is 54.7 Å². The molecule has 0 radical (unpaired) electrons. The molecule has 0 saturated heterocycles. The molecule has 2 N–H and O–H groups in total. The molecule has 0 aliphatic carbocycles. The molecule has 3 rings (SSSR count). The van der Waals surface area contributed by atoms with Gasteiger partial charge in [0.05, 0.1) is 17.6 Å². The molecule has 0 aliphatic heterocycles. The Morgan fingerprint density at radius 3 is 2.60 bits per heavy atom. The lowest BCUT2D eigenvalue weighted by Gasteiger charge is -2.09. The number of hydrogen-bond acceptors (Lipinski definition) is 3. The lowest BCUT2D eigenvalue weighted by molar-refractivity contribution is 0.451. The Labute approximate surface area is 114 Å². The van der Waals surface area contributed by atoms with E-state index in [1.807, 2.05) is 0 Å². The Hall–Kier alpha value is -2.82. The highest BCUT2D eigenvalue weighted by atomic mass is 19.1. The molecule has 0 fully saturated rings. The van der Waals surface area contributed by atoms with E-state index < -0.39 is 0 Å². The standard InChI is InChI=1S/C15H11FN2O2/c16-10-2-1-3-11(8-10)18-14(6-7-17-18)13-5-4-12(19)9-15(13)20/h1-9,19-20H. The van der Waals surface area contributed by atoms with Gasteiger partial charge in [-0.05, 0) is 36.4 Å². The molecule has 0 unspecified atom stereocenters. The Balaban J connectivity index is 2.15. The van der Waals surface area contributed by atoms with Crippen molar-refractivity contribution < 1.29 is 14.6 Å². The summed E-state index contributed by atoms with van der Waals surface area (Å²) in [5.41, 5.74) is 1.66. The predicted molar refractivity (Wildman–Crippen MR) is 72.3 cm³/mol. The van der Waals surface area contributed by atoms with Crippen molar-refractivity contribution in [2.45, 2.75) is 0 Å². The van der Waals surface area contributed by atoms with E-state index in [0.29, 0.717) is 16.9 Å². The van der Waals surface area contributed by atoms with Crippen molar-refractivity contribution in [3.8, 4) is 28.4 Å². The minimum Gasteiger partial charge on any atom is -0.508 e. The maximum atomic E-state index is 13.3. The Bertz CT molecular complexity index is 768. The highest BCUT2D eigenvalue weighted by molar-refractivity contribution is 5.69. The molecule has 1 heterocycles. The molecule has 0 saturated carbocycles. The first kappa shape index (κ1) is 12.2. The molecule has 4 nitrogen and oxygen atoms in total. The molecule has 5 heteroatoms. The first-order chi connectivity index (χ1) is 9.65. The van der Waals surface area contributed by atoms with Gasteiger partial charge >= 0.3 is 0 Å². The number of rotatable bonds is 2. The third kappa shape index (κ3) is 2.09. The molecule has 0 spiro atoms. The number of aromatic nitrogens is 2. The quantitative estimate of drug-likeness (QED) is 0.752. The third-order valence-electron chi connectivity index (χ3n) is 2.95. The molecule has 2 aromatic carbocycles. The van der Waals surface area contributed by atoms with Gasteiger partial charge in [-0.15, -0.1) is 0 Å². The molecule has 0 amide bonds. The van der Waals surface area contributed by atoms with Crippen LogP contribution in [0.4, 0.5) is 4.39 Å². The van der Waals surface area contributed by atoms with Gasteiger partial charge in [0.25, 0.3) is 0 Å². The van der Waals surface area contributed by atoms with Crippen LogP contribution in [0.25, 0.3) is 16.9 Å². The minimum atomic E-state index is -0.362. The molecular weight excluding hydrogens is 259 g/mol. The van der Waals surface area contributed by atoms with E-state index in [4.69, 9.17) is 0 Å². The van der Waals surface area contributed by atoms with Gasteiger partial charge in [-0.1, -0.05) is 6.07 Å². The van der Waals surface area contributed by atoms with Gasteiger partial charge in [-0.25, -0.2) is 9.07 Å². The monoisotopic (exact) mass is 270 g/mol. The SMILES string of the molecule is Oc1ccc(-c2ccnn2-c2cccc(F)c2)c(O)c1. The lowest BCUT2D eigenvalue weighted by Crippen LogP contribution is -1.99. The number of hydrogen-bond donors (Lipinski definition) is 2. The highest BCUT2D eigenvalue weighted by Gasteiger charge is 2.12. The zero-order chi connectivity index (χ0) is 14.1. The van der Waals surface area contributed by atoms with Crippen LogP contribution in [-0.2, 0) is 0 Å². The summed E-state index contributed by atoms with van der Waals surface area (Å²) in [6.45, 7) is 0. The van der Waals surface area contributed by atoms with E-state index in [-0.39, 0.29) is 17.3 Å². The van der Waals surface area contributed by atoms with Crippen molar-refractivity contribution in [1.82, 2.24) is 9.78 Å². The zero-order valence-corrected chi connectivity index (χ0v) is 10.4. The summed E-state index contributed by atoms with van der Waals surface area (Å²) in [7, 11) is 0. The van der Waals surface area contributed by atoms with Crippen molar-refractivity contribution in [1.29, 1.82) is 0 Å². The first-order valence-electron chi connectivity index (χ1n) is 5.97. The van der Waals surface area contributed by atoms with Crippen LogP contribution in [0.2, 0.25) is 0 Å². The third-order valence-corrected chi connectivity index (χ3v) is 2.95. The predicted octanol–water partition coefficient (Wildman–Crippen LogP) is 3.09. The van der Waals surface area contributed by atoms with Crippen molar-refractivity contribution >= 4 is 0 Å². The van der Waals surface area contributed by atoms with Crippen LogP contribution in [0.5, 0.6) is 11.5 Å². The first-order valence-corrected chi connectivity index (χ1v) is 5.97. The van der Waals surface area contributed by atoms with Gasteiger partial charge in [-0.3, -0.25) is 0 Å². The molecule has 20 heavy (non-hydrogen) atoms. The summed E-state index contributed by atoms with van der Waals surface area (Å²) < 4.78 is 14.8. The van der Waals surface area contributed by atoms with Crippen molar-refractivity contribution in [3.63, 3.8) is 0 Å². The number of phenolic OH excluding ortho intramolecular Hbond substituents is 2. The molecule has 1 aromatic heterocycles. The number of aromatic hydroxyl groups is 2. The molecular formula is C15H11FN2O2. The van der Waals surface area contributed by atoms with Crippen LogP contribution in [0.1, 0.15) is 0 Å². The van der Waals surface area contributed by atoms with E-state index in [1.165, 1.54) is 28.9 Å². The van der Waals surface area contributed by atoms with Crippen LogP contribution < -0.4 is 0 Å². The molecule has 0 aliphatic rings. The van der Waals surface area contributed by atoms with Gasteiger partial charge < -0.3 is 10.2 Å². The van der Waals surface area contributed by atoms with Gasteiger partial charge in [0.1, 0.15) is 17.3 Å². The Kier molecular flexibility index (Phi) is 2.87. The van der Waals surface area contributed by atoms with Crippen LogP contribution in [0.3, 0.4) is 0 Å². The average Bonchev–Trinajstić information content (AvgIpc) is 2.87. The van der Waals surface area contributed by atoms with Crippen molar-refractivity contribution in [2.75, 3.05) is 0 Å². The summed E-state index contributed by atoms with van der Waals surface area (Å²) in [4.78, 5) is 0. The topological polar surface area (TPSA) is 58.3 Å². The summed E-state index contributed by atoms with van der Waals surface area (Å²) >= 11 is 0. The van der Waals surface area contributed by atoms with E-state index >= 15 is 0 Å². The van der Waals surface area contributed by atoms with Crippen molar-refractivity contribution in [2.24, 2.45) is 0 Å². The van der Waals surface area contributed by atoms with Gasteiger partial charge in [-0.2, -0.15) is 5.10 Å². The normalized spacial score (nSPS) is 10.7. The lowest BCUT2D eigenvalue weighted by atomic mass is 10.1. The fourth-order valence-electron chi connectivity index (χ4n) is 2.06. The smallest absolute Gasteiger partial charge is 0.128 e. The minimum absolute atomic E-state index is 0.0249. The average molecular weight is 270 g/mol. The van der Waals surface area contributed by atoms with E-state index in [1.54, 1.807) is 30.5 Å². The molecule has 3 aromatic rings. The zero-order valence-electron chi connectivity index (χ0n) is 10.4. The number of halogens is 1. The second kappa shape index (κ2) is 4.70. The van der Waals surface area contributed by atoms with Gasteiger partial charge in [0.15, 0.2) is 0 Å². The molecule has 0 atom stereocenters. The molecule has 100 valence electrons. The fourth-order valence-corrected chi connectivity index (χ4v) is 2.06. The largest absolute Gasteiger partial charge is 0.508 e. The number of nitrogens with zero attached hydrogens (tertiary/aromatic N) is 2. The van der Waals surface area contributed by atoms with Gasteiger partial charge in [0, 0.05) is 11.6 Å². The Morgan fingerprint density at radius 2 is 1.85 bits per heavy atom. The van der Waals surface area contributed by atoms with Crippen molar-refractivity contribution in [3.05, 3.63) is 60.5 Å². The highest BCUT2D eigenvalue weighted by Crippen LogP contribution is 2.32. The molecule has 0 bridgehead atoms. The van der Waals surface area contributed by atoms with Crippen LogP contribution in [-0.4, -0.2) is 20.0 Å².